The van der Waals surface area contributed by atoms with Crippen molar-refractivity contribution in [1.82, 2.24) is 15.0 Å². The van der Waals surface area contributed by atoms with E-state index in [0.29, 0.717) is 11.3 Å². The van der Waals surface area contributed by atoms with Crippen LogP contribution >= 0.6 is 27.5 Å². The van der Waals surface area contributed by atoms with Crippen LogP contribution in [-0.2, 0) is 0 Å². The Hall–Kier alpha value is -1.53. The van der Waals surface area contributed by atoms with Crippen LogP contribution in [0.2, 0.25) is 5.15 Å². The highest BCUT2D eigenvalue weighted by atomic mass is 79.9. The molecule has 18 heavy (non-hydrogen) atoms. The van der Waals surface area contributed by atoms with E-state index < -0.39 is 0 Å². The first-order valence-corrected chi connectivity index (χ1v) is 6.15. The predicted molar refractivity (Wildman–Crippen MR) is 71.7 cm³/mol. The summed E-state index contributed by atoms with van der Waals surface area (Å²) in [4.78, 5) is 23.8. The van der Waals surface area contributed by atoms with E-state index in [4.69, 9.17) is 11.6 Å². The Morgan fingerprint density at radius 1 is 1.33 bits per heavy atom. The number of amides is 1. The number of carbonyl (C=O) groups excluding carboxylic acids is 1. The number of hydrogen-bond donors (Lipinski definition) is 1. The van der Waals surface area contributed by atoms with Gasteiger partial charge in [0.25, 0.3) is 5.91 Å². The molecule has 1 N–H and O–H groups in total. The fourth-order valence-electron chi connectivity index (χ4n) is 1.30. The van der Waals surface area contributed by atoms with Gasteiger partial charge in [0.2, 0.25) is 5.95 Å². The first-order chi connectivity index (χ1) is 8.54. The topological polar surface area (TPSA) is 67.8 Å². The minimum absolute atomic E-state index is 0.171. The molecule has 0 radical (unpaired) electrons. The van der Waals surface area contributed by atoms with E-state index in [2.05, 4.69) is 36.2 Å². The lowest BCUT2D eigenvalue weighted by Gasteiger charge is -2.04. The summed E-state index contributed by atoms with van der Waals surface area (Å²) in [5.74, 6) is -0.171. The van der Waals surface area contributed by atoms with Crippen molar-refractivity contribution in [2.24, 2.45) is 0 Å². The number of aryl methyl sites for hydroxylation is 1. The van der Waals surface area contributed by atoms with Gasteiger partial charge in [0.15, 0.2) is 0 Å². The van der Waals surface area contributed by atoms with Crippen LogP contribution in [0, 0.1) is 6.92 Å². The van der Waals surface area contributed by atoms with Gasteiger partial charge in [-0.2, -0.15) is 0 Å². The van der Waals surface area contributed by atoms with E-state index in [1.54, 1.807) is 25.3 Å². The van der Waals surface area contributed by atoms with E-state index in [1.807, 2.05) is 0 Å². The van der Waals surface area contributed by atoms with Crippen molar-refractivity contribution < 1.29 is 4.79 Å². The van der Waals surface area contributed by atoms with E-state index in [1.165, 1.54) is 6.20 Å². The maximum absolute atomic E-state index is 11.9. The number of anilines is 1. The van der Waals surface area contributed by atoms with Crippen LogP contribution < -0.4 is 5.32 Å². The van der Waals surface area contributed by atoms with Gasteiger partial charge >= 0.3 is 0 Å². The second-order valence-corrected chi connectivity index (χ2v) is 4.80. The predicted octanol–water partition coefficient (Wildman–Crippen LogP) is 2.85. The summed E-state index contributed by atoms with van der Waals surface area (Å²) in [6.45, 7) is 1.77. The lowest BCUT2D eigenvalue weighted by molar-refractivity contribution is 0.102. The van der Waals surface area contributed by atoms with E-state index >= 15 is 0 Å². The van der Waals surface area contributed by atoms with Crippen molar-refractivity contribution in [2.45, 2.75) is 6.92 Å². The molecule has 2 heterocycles. The first kappa shape index (κ1) is 12.9. The second kappa shape index (κ2) is 5.41. The highest BCUT2D eigenvalue weighted by Gasteiger charge is 2.09. The molecule has 0 unspecified atom stereocenters. The van der Waals surface area contributed by atoms with Gasteiger partial charge in [-0.05, 0) is 35.0 Å². The molecule has 0 aliphatic carbocycles. The van der Waals surface area contributed by atoms with Crippen LogP contribution in [0.15, 0.2) is 29.0 Å². The van der Waals surface area contributed by atoms with Gasteiger partial charge in [-0.15, -0.1) is 0 Å². The van der Waals surface area contributed by atoms with Crippen LogP contribution in [0.5, 0.6) is 0 Å². The molecule has 2 aromatic heterocycles. The Morgan fingerprint density at radius 3 is 2.78 bits per heavy atom. The highest BCUT2D eigenvalue weighted by molar-refractivity contribution is 9.10. The molecule has 7 heteroatoms. The number of rotatable bonds is 2. The number of hydrogen-bond acceptors (Lipinski definition) is 4. The molecule has 0 saturated carbocycles. The van der Waals surface area contributed by atoms with Crippen molar-refractivity contribution in [3.8, 4) is 0 Å². The molecule has 0 aliphatic rings. The quantitative estimate of drug-likeness (QED) is 0.861. The Morgan fingerprint density at radius 2 is 2.11 bits per heavy atom. The third kappa shape index (κ3) is 3.24. The molecule has 1 amide bonds. The molecule has 92 valence electrons. The smallest absolute Gasteiger partial charge is 0.259 e. The maximum Gasteiger partial charge on any atom is 0.259 e. The van der Waals surface area contributed by atoms with Crippen molar-refractivity contribution in [2.75, 3.05) is 5.32 Å². The Labute approximate surface area is 117 Å². The summed E-state index contributed by atoms with van der Waals surface area (Å²) >= 11 is 9.03. The van der Waals surface area contributed by atoms with E-state index in [9.17, 15) is 4.79 Å². The fraction of sp³-hybridized carbons (Fsp3) is 0.0909. The Bertz CT molecular complexity index is 585. The average Bonchev–Trinajstić information content (AvgIpc) is 2.27. The number of carbonyl (C=O) groups is 1. The van der Waals surface area contributed by atoms with Gasteiger partial charge in [0, 0.05) is 22.6 Å². The summed E-state index contributed by atoms with van der Waals surface area (Å²) in [7, 11) is 0. The van der Waals surface area contributed by atoms with Crippen LogP contribution in [-0.4, -0.2) is 20.9 Å². The van der Waals surface area contributed by atoms with E-state index in [-0.39, 0.29) is 17.0 Å². The molecule has 2 aromatic rings. The van der Waals surface area contributed by atoms with Gasteiger partial charge < -0.3 is 0 Å². The fourth-order valence-corrected chi connectivity index (χ4v) is 1.90. The summed E-state index contributed by atoms with van der Waals surface area (Å²) in [5, 5.41) is 2.84. The second-order valence-electron chi connectivity index (χ2n) is 3.50. The molecule has 0 fully saturated rings. The van der Waals surface area contributed by atoms with Crippen molar-refractivity contribution in [1.29, 1.82) is 0 Å². The van der Waals surface area contributed by atoms with Crippen LogP contribution in [0.1, 0.15) is 16.1 Å². The molecule has 0 bridgehead atoms. The zero-order chi connectivity index (χ0) is 13.1. The van der Waals surface area contributed by atoms with Crippen molar-refractivity contribution in [3.63, 3.8) is 0 Å². The third-order valence-corrected chi connectivity index (χ3v) is 2.64. The van der Waals surface area contributed by atoms with Gasteiger partial charge in [0.1, 0.15) is 5.15 Å². The molecule has 0 saturated heterocycles. The number of nitrogens with zero attached hydrogens (tertiary/aromatic N) is 3. The lowest BCUT2D eigenvalue weighted by Crippen LogP contribution is -2.14. The minimum Gasteiger partial charge on any atom is -0.290 e. The van der Waals surface area contributed by atoms with E-state index in [0.717, 1.165) is 4.47 Å². The average molecular weight is 328 g/mol. The number of halogens is 2. The van der Waals surface area contributed by atoms with Gasteiger partial charge in [-0.1, -0.05) is 11.6 Å². The number of aromatic nitrogens is 3. The first-order valence-electron chi connectivity index (χ1n) is 4.97. The molecule has 0 spiro atoms. The Balaban J connectivity index is 2.21. The number of nitrogens with one attached hydrogen (secondary N) is 1. The molecule has 5 nitrogen and oxygen atoms in total. The normalized spacial score (nSPS) is 10.2. The molecular weight excluding hydrogens is 320 g/mol. The SMILES string of the molecule is Cc1cc(Cl)nc(NC(=O)c2cncc(Br)c2)n1. The summed E-state index contributed by atoms with van der Waals surface area (Å²) < 4.78 is 0.721. The van der Waals surface area contributed by atoms with Crippen molar-refractivity contribution >= 4 is 39.4 Å². The highest BCUT2D eigenvalue weighted by Crippen LogP contribution is 2.13. The summed E-state index contributed by atoms with van der Waals surface area (Å²) in [6, 6.07) is 3.26. The van der Waals surface area contributed by atoms with Gasteiger partial charge in [-0.25, -0.2) is 9.97 Å². The zero-order valence-corrected chi connectivity index (χ0v) is 11.7. The lowest BCUT2D eigenvalue weighted by atomic mass is 10.3. The standard InChI is InChI=1S/C11H8BrClN4O/c1-6-2-9(13)16-11(15-6)17-10(18)7-3-8(12)5-14-4-7/h2-5H,1H3,(H,15,16,17,18). The van der Waals surface area contributed by atoms with Gasteiger partial charge in [0.05, 0.1) is 5.56 Å². The molecule has 0 aliphatic heterocycles. The zero-order valence-electron chi connectivity index (χ0n) is 9.32. The van der Waals surface area contributed by atoms with Gasteiger partial charge in [-0.3, -0.25) is 15.1 Å². The van der Waals surface area contributed by atoms with Crippen molar-refractivity contribution in [3.05, 3.63) is 45.4 Å². The maximum atomic E-state index is 11.9. The summed E-state index contributed by atoms with van der Waals surface area (Å²) in [6.07, 6.45) is 3.05. The minimum atomic E-state index is -0.342. The Kier molecular flexibility index (Phi) is 3.88. The van der Waals surface area contributed by atoms with Crippen LogP contribution in [0.4, 0.5) is 5.95 Å². The van der Waals surface area contributed by atoms with Crippen LogP contribution in [0.3, 0.4) is 0 Å². The molecule has 0 atom stereocenters. The third-order valence-electron chi connectivity index (χ3n) is 2.02. The largest absolute Gasteiger partial charge is 0.290 e. The molecular formula is C11H8BrClN4O. The van der Waals surface area contributed by atoms with Crippen LogP contribution in [0.25, 0.3) is 0 Å². The molecule has 0 aromatic carbocycles. The molecule has 2 rings (SSSR count). The number of pyridine rings is 1. The summed E-state index contributed by atoms with van der Waals surface area (Å²) in [5.41, 5.74) is 1.09. The monoisotopic (exact) mass is 326 g/mol.